The summed E-state index contributed by atoms with van der Waals surface area (Å²) in [7, 11) is 0. The fraction of sp³-hybridized carbons (Fsp3) is 0.409. The molecule has 0 aliphatic rings. The van der Waals surface area contributed by atoms with Gasteiger partial charge in [0.1, 0.15) is 16.9 Å². The molecule has 32 heavy (non-hydrogen) atoms. The first-order valence-corrected chi connectivity index (χ1v) is 10.1. The van der Waals surface area contributed by atoms with Gasteiger partial charge in [-0.3, -0.25) is 4.79 Å². The second-order valence-electron chi connectivity index (χ2n) is 7.21. The molecule has 0 fully saturated rings. The van der Waals surface area contributed by atoms with Crippen molar-refractivity contribution >= 4 is 17.6 Å². The van der Waals surface area contributed by atoms with Crippen LogP contribution in [0.3, 0.4) is 0 Å². The zero-order valence-corrected chi connectivity index (χ0v) is 17.9. The van der Waals surface area contributed by atoms with Crippen molar-refractivity contribution in [1.29, 1.82) is 0 Å². The second-order valence-corrected chi connectivity index (χ2v) is 7.68. The summed E-state index contributed by atoms with van der Waals surface area (Å²) in [6, 6.07) is 11.9. The molecule has 0 amide bonds. The third-order valence-electron chi connectivity index (χ3n) is 4.72. The molecular formula is C22H21ClF6O3. The highest BCUT2D eigenvalue weighted by Gasteiger charge is 2.57. The van der Waals surface area contributed by atoms with E-state index in [9.17, 15) is 31.1 Å². The van der Waals surface area contributed by atoms with Crippen LogP contribution in [0.5, 0.6) is 11.5 Å². The van der Waals surface area contributed by atoms with E-state index < -0.39 is 36.2 Å². The van der Waals surface area contributed by atoms with Crippen LogP contribution in [0.15, 0.2) is 48.5 Å². The molecule has 3 unspecified atom stereocenters. The van der Waals surface area contributed by atoms with Gasteiger partial charge < -0.3 is 9.47 Å². The molecule has 0 radical (unpaired) electrons. The van der Waals surface area contributed by atoms with E-state index in [0.717, 1.165) is 6.42 Å². The van der Waals surface area contributed by atoms with E-state index in [4.69, 9.17) is 16.3 Å². The van der Waals surface area contributed by atoms with Crippen molar-refractivity contribution in [1.82, 2.24) is 0 Å². The zero-order chi connectivity index (χ0) is 24.1. The van der Waals surface area contributed by atoms with Crippen molar-refractivity contribution in [2.45, 2.75) is 43.9 Å². The first-order valence-electron chi connectivity index (χ1n) is 9.62. The summed E-state index contributed by atoms with van der Waals surface area (Å²) in [6.07, 6.45) is -9.28. The van der Waals surface area contributed by atoms with Crippen molar-refractivity contribution in [3.05, 3.63) is 48.5 Å². The van der Waals surface area contributed by atoms with E-state index in [0.29, 0.717) is 16.9 Å². The Balaban J connectivity index is 1.99. The molecule has 3 nitrogen and oxygen atoms in total. The molecule has 10 heteroatoms. The average molecular weight is 483 g/mol. The summed E-state index contributed by atoms with van der Waals surface area (Å²) < 4.78 is 85.9. The van der Waals surface area contributed by atoms with E-state index in [-0.39, 0.29) is 11.7 Å². The highest BCUT2D eigenvalue weighted by atomic mass is 35.5. The first kappa shape index (κ1) is 25.8. The highest BCUT2D eigenvalue weighted by Crippen LogP contribution is 2.35. The Kier molecular flexibility index (Phi) is 8.45. The minimum atomic E-state index is -5.68. The Labute approximate surface area is 186 Å². The highest BCUT2D eigenvalue weighted by molar-refractivity contribution is 6.30. The van der Waals surface area contributed by atoms with Crippen LogP contribution in [-0.2, 0) is 4.79 Å². The number of halogens is 7. The lowest BCUT2D eigenvalue weighted by molar-refractivity contribution is -0.250. The van der Waals surface area contributed by atoms with Crippen molar-refractivity contribution in [2.75, 3.05) is 6.61 Å². The second kappa shape index (κ2) is 10.5. The molecular weight excluding hydrogens is 462 g/mol. The number of carbonyl (C=O) groups is 1. The van der Waals surface area contributed by atoms with E-state index in [1.165, 1.54) is 24.3 Å². The maximum absolute atomic E-state index is 13.3. The van der Waals surface area contributed by atoms with Crippen molar-refractivity contribution in [3.8, 4) is 22.6 Å². The van der Waals surface area contributed by atoms with Crippen LogP contribution in [0.1, 0.15) is 20.3 Å². The number of carbonyl (C=O) groups excluding carboxylic acids is 1. The molecule has 0 aliphatic heterocycles. The van der Waals surface area contributed by atoms with Gasteiger partial charge in [-0.2, -0.15) is 22.0 Å². The standard InChI is InChI=1S/C22H21ClF6O3/c1-3-13(2)18(23)19(30)32-17-10-6-15(7-11-17)14-4-8-16(9-5-14)31-12-21(25,26)20(24)22(27,28)29/h4-11,13,18,20H,3,12H2,1-2H3. The Hall–Kier alpha value is -2.42. The number of ether oxygens (including phenoxy) is 2. The van der Waals surface area contributed by atoms with Crippen molar-refractivity contribution in [3.63, 3.8) is 0 Å². The number of hydrogen-bond acceptors (Lipinski definition) is 3. The Morgan fingerprint density at radius 3 is 1.84 bits per heavy atom. The summed E-state index contributed by atoms with van der Waals surface area (Å²) in [5.74, 6) is -5.19. The minimum Gasteiger partial charge on any atom is -0.487 e. The maximum atomic E-state index is 13.3. The average Bonchev–Trinajstić information content (AvgIpc) is 2.76. The molecule has 2 aromatic carbocycles. The molecule has 0 saturated carbocycles. The van der Waals surface area contributed by atoms with Gasteiger partial charge in [-0.25, -0.2) is 4.39 Å². The van der Waals surface area contributed by atoms with Crippen LogP contribution in [-0.4, -0.2) is 36.2 Å². The SMILES string of the molecule is CCC(C)C(Cl)C(=O)Oc1ccc(-c2ccc(OCC(F)(F)C(F)C(F)(F)F)cc2)cc1. The monoisotopic (exact) mass is 482 g/mol. The number of rotatable bonds is 9. The topological polar surface area (TPSA) is 35.5 Å². The van der Waals surface area contributed by atoms with Gasteiger partial charge in [0.25, 0.3) is 6.17 Å². The third kappa shape index (κ3) is 6.79. The van der Waals surface area contributed by atoms with Crippen LogP contribution in [0.4, 0.5) is 26.3 Å². The van der Waals surface area contributed by atoms with Crippen molar-refractivity contribution < 1.29 is 40.6 Å². The van der Waals surface area contributed by atoms with E-state index in [2.05, 4.69) is 4.74 Å². The maximum Gasteiger partial charge on any atom is 0.425 e. The van der Waals surface area contributed by atoms with Gasteiger partial charge in [0.05, 0.1) is 0 Å². The molecule has 0 bridgehead atoms. The van der Waals surface area contributed by atoms with Gasteiger partial charge in [-0.15, -0.1) is 11.6 Å². The minimum absolute atomic E-state index is 0.0478. The number of alkyl halides is 7. The molecule has 2 rings (SSSR count). The molecule has 0 aliphatic carbocycles. The fourth-order valence-corrected chi connectivity index (χ4v) is 2.79. The first-order chi connectivity index (χ1) is 14.8. The van der Waals surface area contributed by atoms with Gasteiger partial charge in [-0.1, -0.05) is 44.5 Å². The van der Waals surface area contributed by atoms with Crippen LogP contribution in [0, 0.1) is 5.92 Å². The van der Waals surface area contributed by atoms with E-state index in [1.54, 1.807) is 24.3 Å². The summed E-state index contributed by atoms with van der Waals surface area (Å²) in [6.45, 7) is 1.98. The summed E-state index contributed by atoms with van der Waals surface area (Å²) in [5.41, 5.74) is 1.32. The van der Waals surface area contributed by atoms with Crippen LogP contribution >= 0.6 is 11.6 Å². The zero-order valence-electron chi connectivity index (χ0n) is 17.1. The Morgan fingerprint density at radius 1 is 0.938 bits per heavy atom. The number of hydrogen-bond donors (Lipinski definition) is 0. The largest absolute Gasteiger partial charge is 0.487 e. The molecule has 176 valence electrons. The summed E-state index contributed by atoms with van der Waals surface area (Å²) in [5, 5.41) is -0.775. The summed E-state index contributed by atoms with van der Waals surface area (Å²) in [4.78, 5) is 12.0. The predicted molar refractivity (Wildman–Crippen MR) is 108 cm³/mol. The van der Waals surface area contributed by atoms with Crippen LogP contribution < -0.4 is 9.47 Å². The van der Waals surface area contributed by atoms with Gasteiger partial charge in [0, 0.05) is 0 Å². The molecule has 0 aromatic heterocycles. The van der Waals surface area contributed by atoms with Gasteiger partial charge in [0.15, 0.2) is 6.61 Å². The van der Waals surface area contributed by atoms with Crippen LogP contribution in [0.25, 0.3) is 11.1 Å². The van der Waals surface area contributed by atoms with Crippen molar-refractivity contribution in [2.24, 2.45) is 5.92 Å². The Morgan fingerprint density at radius 2 is 1.41 bits per heavy atom. The fourth-order valence-electron chi connectivity index (χ4n) is 2.56. The third-order valence-corrected chi connectivity index (χ3v) is 5.33. The van der Waals surface area contributed by atoms with E-state index in [1.807, 2.05) is 13.8 Å². The van der Waals surface area contributed by atoms with Gasteiger partial charge >= 0.3 is 18.1 Å². The van der Waals surface area contributed by atoms with Crippen LogP contribution in [0.2, 0.25) is 0 Å². The predicted octanol–water partition coefficient (Wildman–Crippen LogP) is 6.83. The molecule has 0 N–H and O–H groups in total. The lowest BCUT2D eigenvalue weighted by atomic mass is 10.0. The molecule has 0 saturated heterocycles. The molecule has 2 aromatic rings. The lowest BCUT2D eigenvalue weighted by Crippen LogP contribution is -2.45. The smallest absolute Gasteiger partial charge is 0.425 e. The molecule has 0 spiro atoms. The molecule has 3 atom stereocenters. The van der Waals surface area contributed by atoms with E-state index >= 15 is 0 Å². The quantitative estimate of drug-likeness (QED) is 0.170. The lowest BCUT2D eigenvalue weighted by Gasteiger charge is -2.22. The van der Waals surface area contributed by atoms with Gasteiger partial charge in [0.2, 0.25) is 0 Å². The van der Waals surface area contributed by atoms with Gasteiger partial charge in [-0.05, 0) is 41.3 Å². The normalized spacial score (nSPS) is 15.0. The summed E-state index contributed by atoms with van der Waals surface area (Å²) >= 11 is 6.06. The Bertz CT molecular complexity index is 884. The number of esters is 1. The number of benzene rings is 2. The molecule has 0 heterocycles.